The Balaban J connectivity index is 1.60. The summed E-state index contributed by atoms with van der Waals surface area (Å²) < 4.78 is 0. The third-order valence-electron chi connectivity index (χ3n) is 4.92. The Morgan fingerprint density at radius 1 is 1.35 bits per heavy atom. The molecule has 0 aliphatic carbocycles. The van der Waals surface area contributed by atoms with E-state index >= 15 is 0 Å². The van der Waals surface area contributed by atoms with Crippen LogP contribution in [0.1, 0.15) is 68.3 Å². The number of H-pyrrole nitrogens is 1. The molecule has 3 rings (SSSR count). The molecule has 0 bridgehead atoms. The third-order valence-corrected chi connectivity index (χ3v) is 4.92. The van der Waals surface area contributed by atoms with E-state index in [4.69, 9.17) is 0 Å². The summed E-state index contributed by atoms with van der Waals surface area (Å²) in [4.78, 5) is 26.1. The van der Waals surface area contributed by atoms with Crippen LogP contribution in [0.4, 0.5) is 0 Å². The van der Waals surface area contributed by atoms with Gasteiger partial charge in [-0.2, -0.15) is 0 Å². The van der Waals surface area contributed by atoms with Gasteiger partial charge in [-0.25, -0.2) is 4.98 Å². The highest BCUT2D eigenvalue weighted by molar-refractivity contribution is 5.72. The zero-order chi connectivity index (χ0) is 18.4. The standard InChI is InChI=1S/C20H29N5O/c1-3-4-7-20-23-13-17(24-20)14-25-10-5-6-19(25)18-9-8-16(12-22-18)11-21-15(2)26/h8-9,12-13,19H,3-7,10-11,14H2,1-2H3,(H,21,26)(H,23,24). The number of likely N-dealkylation sites (tertiary alicyclic amines) is 1. The average Bonchev–Trinajstić information content (AvgIpc) is 3.28. The fraction of sp³-hybridized carbons (Fsp3) is 0.550. The summed E-state index contributed by atoms with van der Waals surface area (Å²) >= 11 is 0. The first-order valence-electron chi connectivity index (χ1n) is 9.61. The van der Waals surface area contributed by atoms with Crippen molar-refractivity contribution in [3.05, 3.63) is 47.3 Å². The maximum absolute atomic E-state index is 11.0. The second kappa shape index (κ2) is 8.94. The fourth-order valence-corrected chi connectivity index (χ4v) is 3.49. The Hall–Kier alpha value is -2.21. The molecule has 6 heteroatoms. The van der Waals surface area contributed by atoms with Gasteiger partial charge in [0, 0.05) is 44.5 Å². The summed E-state index contributed by atoms with van der Waals surface area (Å²) in [6.45, 7) is 6.24. The molecule has 2 aromatic heterocycles. The van der Waals surface area contributed by atoms with Crippen LogP contribution in [-0.4, -0.2) is 32.3 Å². The van der Waals surface area contributed by atoms with Crippen LogP contribution in [-0.2, 0) is 24.3 Å². The fourth-order valence-electron chi connectivity index (χ4n) is 3.49. The molecule has 1 fully saturated rings. The highest BCUT2D eigenvalue weighted by Gasteiger charge is 2.27. The van der Waals surface area contributed by atoms with Gasteiger partial charge in [0.2, 0.25) is 5.91 Å². The Morgan fingerprint density at radius 3 is 2.96 bits per heavy atom. The monoisotopic (exact) mass is 355 g/mol. The minimum atomic E-state index is -0.0195. The van der Waals surface area contributed by atoms with Crippen molar-refractivity contribution in [3.63, 3.8) is 0 Å². The maximum Gasteiger partial charge on any atom is 0.217 e. The van der Waals surface area contributed by atoms with Gasteiger partial charge in [-0.3, -0.25) is 14.7 Å². The van der Waals surface area contributed by atoms with Gasteiger partial charge in [0.25, 0.3) is 0 Å². The molecule has 1 atom stereocenters. The highest BCUT2D eigenvalue weighted by Crippen LogP contribution is 2.31. The van der Waals surface area contributed by atoms with Gasteiger partial charge in [0.05, 0.1) is 11.7 Å². The van der Waals surface area contributed by atoms with Crippen LogP contribution in [0.15, 0.2) is 24.5 Å². The van der Waals surface area contributed by atoms with E-state index in [-0.39, 0.29) is 5.91 Å². The minimum Gasteiger partial charge on any atom is -0.352 e. The zero-order valence-corrected chi connectivity index (χ0v) is 15.8. The highest BCUT2D eigenvalue weighted by atomic mass is 16.1. The molecule has 1 amide bonds. The molecule has 1 aliphatic rings. The SMILES string of the molecule is CCCCc1ncc(CN2CCCC2c2ccc(CNC(C)=O)cn2)[nH]1. The van der Waals surface area contributed by atoms with Gasteiger partial charge in [-0.1, -0.05) is 19.4 Å². The molecule has 0 saturated carbocycles. The van der Waals surface area contributed by atoms with E-state index in [0.717, 1.165) is 43.0 Å². The lowest BCUT2D eigenvalue weighted by Crippen LogP contribution is -2.24. The van der Waals surface area contributed by atoms with Crippen molar-refractivity contribution in [2.24, 2.45) is 0 Å². The Morgan fingerprint density at radius 2 is 2.23 bits per heavy atom. The number of rotatable bonds is 8. The first kappa shape index (κ1) is 18.6. The normalized spacial score (nSPS) is 17.5. The topological polar surface area (TPSA) is 73.9 Å². The predicted molar refractivity (Wildman–Crippen MR) is 101 cm³/mol. The third kappa shape index (κ3) is 4.91. The van der Waals surface area contributed by atoms with Gasteiger partial charge in [-0.05, 0) is 37.4 Å². The van der Waals surface area contributed by atoms with Gasteiger partial charge in [0.1, 0.15) is 5.82 Å². The van der Waals surface area contributed by atoms with Gasteiger partial charge < -0.3 is 10.3 Å². The average molecular weight is 355 g/mol. The Labute approximate surface area is 155 Å². The van der Waals surface area contributed by atoms with Crippen LogP contribution in [0.2, 0.25) is 0 Å². The molecule has 1 saturated heterocycles. The number of carbonyl (C=O) groups excluding carboxylic acids is 1. The van der Waals surface area contributed by atoms with Gasteiger partial charge in [0.15, 0.2) is 0 Å². The molecule has 0 aromatic carbocycles. The molecule has 1 unspecified atom stereocenters. The van der Waals surface area contributed by atoms with Crippen molar-refractivity contribution in [1.82, 2.24) is 25.2 Å². The molecule has 2 aromatic rings. The number of amides is 1. The number of nitrogens with one attached hydrogen (secondary N) is 2. The molecule has 140 valence electrons. The predicted octanol–water partition coefficient (Wildman–Crippen LogP) is 3.12. The van der Waals surface area contributed by atoms with Crippen LogP contribution in [0.25, 0.3) is 0 Å². The van der Waals surface area contributed by atoms with Gasteiger partial charge in [-0.15, -0.1) is 0 Å². The number of unbranched alkanes of at least 4 members (excludes halogenated alkanes) is 1. The molecule has 3 heterocycles. The lowest BCUT2D eigenvalue weighted by atomic mass is 10.1. The number of carbonyl (C=O) groups is 1. The van der Waals surface area contributed by atoms with E-state index in [1.54, 1.807) is 0 Å². The van der Waals surface area contributed by atoms with E-state index in [1.807, 2.05) is 12.4 Å². The number of aromatic nitrogens is 3. The smallest absolute Gasteiger partial charge is 0.217 e. The summed E-state index contributed by atoms with van der Waals surface area (Å²) in [6, 6.07) is 4.51. The first-order valence-corrected chi connectivity index (χ1v) is 9.61. The minimum absolute atomic E-state index is 0.0195. The van der Waals surface area contributed by atoms with E-state index in [0.29, 0.717) is 12.6 Å². The number of imidazole rings is 1. The van der Waals surface area contributed by atoms with Crippen molar-refractivity contribution < 1.29 is 4.79 Å². The quantitative estimate of drug-likeness (QED) is 0.763. The van der Waals surface area contributed by atoms with Crippen molar-refractivity contribution >= 4 is 5.91 Å². The van der Waals surface area contributed by atoms with Crippen LogP contribution >= 0.6 is 0 Å². The number of aromatic amines is 1. The lowest BCUT2D eigenvalue weighted by molar-refractivity contribution is -0.119. The molecular weight excluding hydrogens is 326 g/mol. The number of hydrogen-bond acceptors (Lipinski definition) is 4. The lowest BCUT2D eigenvalue weighted by Gasteiger charge is -2.23. The molecule has 0 spiro atoms. The maximum atomic E-state index is 11.0. The molecule has 2 N–H and O–H groups in total. The van der Waals surface area contributed by atoms with Crippen molar-refractivity contribution in [2.45, 2.75) is 65.1 Å². The van der Waals surface area contributed by atoms with Crippen LogP contribution in [0, 0.1) is 0 Å². The number of hydrogen-bond donors (Lipinski definition) is 2. The number of pyridine rings is 1. The summed E-state index contributed by atoms with van der Waals surface area (Å²) in [5, 5.41) is 2.81. The van der Waals surface area contributed by atoms with Crippen molar-refractivity contribution in [3.8, 4) is 0 Å². The second-order valence-corrected chi connectivity index (χ2v) is 7.09. The van der Waals surface area contributed by atoms with E-state index in [1.165, 1.54) is 31.9 Å². The second-order valence-electron chi connectivity index (χ2n) is 7.09. The molecule has 0 radical (unpaired) electrons. The van der Waals surface area contributed by atoms with Crippen LogP contribution in [0.3, 0.4) is 0 Å². The first-order chi connectivity index (χ1) is 12.7. The zero-order valence-electron chi connectivity index (χ0n) is 15.8. The Bertz CT molecular complexity index is 709. The summed E-state index contributed by atoms with van der Waals surface area (Å²) in [6.07, 6.45) is 9.57. The summed E-state index contributed by atoms with van der Waals surface area (Å²) in [5.74, 6) is 1.08. The molecule has 26 heavy (non-hydrogen) atoms. The van der Waals surface area contributed by atoms with Crippen molar-refractivity contribution in [1.29, 1.82) is 0 Å². The van der Waals surface area contributed by atoms with Gasteiger partial charge >= 0.3 is 0 Å². The van der Waals surface area contributed by atoms with Crippen LogP contribution in [0.5, 0.6) is 0 Å². The van der Waals surface area contributed by atoms with E-state index in [2.05, 4.69) is 44.2 Å². The largest absolute Gasteiger partial charge is 0.352 e. The Kier molecular flexibility index (Phi) is 6.39. The molecular formula is C20H29N5O. The van der Waals surface area contributed by atoms with Crippen LogP contribution < -0.4 is 5.32 Å². The summed E-state index contributed by atoms with van der Waals surface area (Å²) in [7, 11) is 0. The van der Waals surface area contributed by atoms with E-state index < -0.39 is 0 Å². The van der Waals surface area contributed by atoms with E-state index in [9.17, 15) is 4.79 Å². The van der Waals surface area contributed by atoms with Crippen molar-refractivity contribution in [2.75, 3.05) is 6.54 Å². The molecule has 6 nitrogen and oxygen atoms in total. The summed E-state index contributed by atoms with van der Waals surface area (Å²) in [5.41, 5.74) is 3.33. The number of nitrogens with zero attached hydrogens (tertiary/aromatic N) is 3. The number of aryl methyl sites for hydroxylation is 1. The molecule has 1 aliphatic heterocycles.